The normalized spacial score (nSPS) is 11.7. The largest absolute Gasteiger partial charge is 0.452 e. The summed E-state index contributed by atoms with van der Waals surface area (Å²) in [4.78, 5) is 34.1. The van der Waals surface area contributed by atoms with Crippen LogP contribution in [0.5, 0.6) is 0 Å². The Balaban J connectivity index is 1.42. The predicted molar refractivity (Wildman–Crippen MR) is 127 cm³/mol. The Labute approximate surface area is 192 Å². The third kappa shape index (κ3) is 5.60. The molecule has 0 saturated carbocycles. The number of esters is 1. The van der Waals surface area contributed by atoms with Crippen molar-refractivity contribution in [3.8, 4) is 0 Å². The first-order valence-corrected chi connectivity index (χ1v) is 10.8. The molecule has 4 aromatic rings. The number of nitrogens with zero attached hydrogens (tertiary/aromatic N) is 2. The zero-order valence-corrected chi connectivity index (χ0v) is 18.6. The first-order chi connectivity index (χ1) is 16.0. The lowest BCUT2D eigenvalue weighted by molar-refractivity contribution is -0.125. The second-order valence-electron chi connectivity index (χ2n) is 7.89. The number of hydrogen-bond donors (Lipinski definition) is 1. The number of carbonyl (C=O) groups is 2. The molecule has 6 heteroatoms. The van der Waals surface area contributed by atoms with Gasteiger partial charge in [-0.2, -0.15) is 0 Å². The summed E-state index contributed by atoms with van der Waals surface area (Å²) in [5.74, 6) is -0.938. The van der Waals surface area contributed by atoms with Crippen molar-refractivity contribution in [1.82, 2.24) is 15.3 Å². The molecule has 166 valence electrons. The van der Waals surface area contributed by atoms with Gasteiger partial charge >= 0.3 is 5.97 Å². The average Bonchev–Trinajstić information content (AvgIpc) is 2.84. The number of aryl methyl sites for hydroxylation is 2. The minimum atomic E-state index is -0.577. The Kier molecular flexibility index (Phi) is 6.74. The van der Waals surface area contributed by atoms with E-state index >= 15 is 0 Å². The third-order valence-electron chi connectivity index (χ3n) is 5.47. The maximum absolute atomic E-state index is 12.6. The molecule has 1 amide bonds. The SMILES string of the molecule is Cc1nc2ccc(C(=O)OCC(=O)NC(Cc3ccccc3)c3ccccc3)cc2nc1C. The van der Waals surface area contributed by atoms with Gasteiger partial charge in [-0.25, -0.2) is 14.8 Å². The summed E-state index contributed by atoms with van der Waals surface area (Å²) in [5, 5.41) is 2.99. The number of nitrogens with one attached hydrogen (secondary N) is 1. The summed E-state index contributed by atoms with van der Waals surface area (Å²) >= 11 is 0. The summed E-state index contributed by atoms with van der Waals surface area (Å²) in [6.07, 6.45) is 0.632. The zero-order valence-electron chi connectivity index (χ0n) is 18.6. The lowest BCUT2D eigenvalue weighted by Crippen LogP contribution is -2.33. The van der Waals surface area contributed by atoms with Gasteiger partial charge in [-0.3, -0.25) is 4.79 Å². The average molecular weight is 440 g/mol. The highest BCUT2D eigenvalue weighted by Crippen LogP contribution is 2.19. The van der Waals surface area contributed by atoms with E-state index in [2.05, 4.69) is 15.3 Å². The first kappa shape index (κ1) is 22.1. The molecule has 0 radical (unpaired) electrons. The van der Waals surface area contributed by atoms with E-state index in [4.69, 9.17) is 4.74 Å². The first-order valence-electron chi connectivity index (χ1n) is 10.8. The minimum Gasteiger partial charge on any atom is -0.452 e. The topological polar surface area (TPSA) is 81.2 Å². The van der Waals surface area contributed by atoms with Gasteiger partial charge in [0, 0.05) is 0 Å². The lowest BCUT2D eigenvalue weighted by Gasteiger charge is -2.19. The molecule has 1 heterocycles. The molecule has 1 aromatic heterocycles. The Morgan fingerprint density at radius 3 is 2.18 bits per heavy atom. The van der Waals surface area contributed by atoms with Gasteiger partial charge in [0.2, 0.25) is 0 Å². The van der Waals surface area contributed by atoms with E-state index < -0.39 is 5.97 Å². The molecule has 0 spiro atoms. The van der Waals surface area contributed by atoms with Crippen molar-refractivity contribution in [1.29, 1.82) is 0 Å². The molecule has 1 unspecified atom stereocenters. The molecule has 0 bridgehead atoms. The van der Waals surface area contributed by atoms with Crippen molar-refractivity contribution < 1.29 is 14.3 Å². The van der Waals surface area contributed by atoms with Crippen molar-refractivity contribution in [3.63, 3.8) is 0 Å². The van der Waals surface area contributed by atoms with Gasteiger partial charge in [0.1, 0.15) is 0 Å². The van der Waals surface area contributed by atoms with Gasteiger partial charge in [-0.1, -0.05) is 60.7 Å². The smallest absolute Gasteiger partial charge is 0.338 e. The van der Waals surface area contributed by atoms with Crippen molar-refractivity contribution >= 4 is 22.9 Å². The van der Waals surface area contributed by atoms with Crippen LogP contribution in [0.4, 0.5) is 0 Å². The van der Waals surface area contributed by atoms with Crippen LogP contribution in [0.2, 0.25) is 0 Å². The number of ether oxygens (including phenoxy) is 1. The highest BCUT2D eigenvalue weighted by Gasteiger charge is 2.17. The molecule has 0 aliphatic carbocycles. The fourth-order valence-corrected chi connectivity index (χ4v) is 3.60. The standard InChI is InChI=1S/C27H25N3O3/c1-18-19(2)29-25-16-22(13-14-23(25)28-18)27(32)33-17-26(31)30-24(21-11-7-4-8-12-21)15-20-9-5-3-6-10-20/h3-14,16,24H,15,17H2,1-2H3,(H,30,31). The van der Waals surface area contributed by atoms with Crippen LogP contribution in [0.25, 0.3) is 11.0 Å². The van der Waals surface area contributed by atoms with Crippen LogP contribution in [0.15, 0.2) is 78.9 Å². The van der Waals surface area contributed by atoms with Crippen LogP contribution in [0.1, 0.15) is 38.9 Å². The molecule has 4 rings (SSSR count). The van der Waals surface area contributed by atoms with Crippen molar-refractivity contribution in [2.75, 3.05) is 6.61 Å². The maximum atomic E-state index is 12.6. The van der Waals surface area contributed by atoms with Crippen LogP contribution < -0.4 is 5.32 Å². The molecule has 33 heavy (non-hydrogen) atoms. The summed E-state index contributed by atoms with van der Waals surface area (Å²) in [6, 6.07) is 24.5. The summed E-state index contributed by atoms with van der Waals surface area (Å²) in [6.45, 7) is 3.40. The van der Waals surface area contributed by atoms with Crippen molar-refractivity contribution in [2.24, 2.45) is 0 Å². The molecule has 0 aliphatic heterocycles. The van der Waals surface area contributed by atoms with Crippen molar-refractivity contribution in [2.45, 2.75) is 26.3 Å². The number of aromatic nitrogens is 2. The van der Waals surface area contributed by atoms with Gasteiger partial charge in [0.05, 0.1) is 34.0 Å². The van der Waals surface area contributed by atoms with Crippen LogP contribution in [-0.4, -0.2) is 28.5 Å². The van der Waals surface area contributed by atoms with E-state index in [0.717, 1.165) is 22.5 Å². The second-order valence-corrected chi connectivity index (χ2v) is 7.89. The van der Waals surface area contributed by atoms with Gasteiger partial charge in [0.15, 0.2) is 6.61 Å². The fraction of sp³-hybridized carbons (Fsp3) is 0.185. The van der Waals surface area contributed by atoms with E-state index in [-0.39, 0.29) is 18.6 Å². The third-order valence-corrected chi connectivity index (χ3v) is 5.47. The molecule has 6 nitrogen and oxygen atoms in total. The maximum Gasteiger partial charge on any atom is 0.338 e. The number of benzene rings is 3. The summed E-state index contributed by atoms with van der Waals surface area (Å²) in [5.41, 5.74) is 5.39. The number of amides is 1. The van der Waals surface area contributed by atoms with Gasteiger partial charge in [0.25, 0.3) is 5.91 Å². The fourth-order valence-electron chi connectivity index (χ4n) is 3.60. The summed E-state index contributed by atoms with van der Waals surface area (Å²) in [7, 11) is 0. The van der Waals surface area contributed by atoms with Gasteiger partial charge in [-0.05, 0) is 49.6 Å². The second kappa shape index (κ2) is 10.0. The molecule has 0 aliphatic rings. The number of carbonyl (C=O) groups excluding carboxylic acids is 2. The Morgan fingerprint density at radius 1 is 0.848 bits per heavy atom. The number of rotatable bonds is 7. The van der Waals surface area contributed by atoms with Crippen LogP contribution in [0, 0.1) is 13.8 Å². The predicted octanol–water partition coefficient (Wildman–Crippen LogP) is 4.50. The highest BCUT2D eigenvalue weighted by molar-refractivity contribution is 5.94. The molecule has 1 atom stereocenters. The van der Waals surface area contributed by atoms with E-state index in [1.807, 2.05) is 74.5 Å². The van der Waals surface area contributed by atoms with E-state index in [1.54, 1.807) is 18.2 Å². The molecule has 1 N–H and O–H groups in total. The highest BCUT2D eigenvalue weighted by atomic mass is 16.5. The lowest BCUT2D eigenvalue weighted by atomic mass is 9.99. The number of fused-ring (bicyclic) bond motifs is 1. The van der Waals surface area contributed by atoms with Crippen LogP contribution in [0.3, 0.4) is 0 Å². The van der Waals surface area contributed by atoms with Crippen molar-refractivity contribution in [3.05, 3.63) is 107 Å². The van der Waals surface area contributed by atoms with Gasteiger partial charge in [-0.15, -0.1) is 0 Å². The Bertz CT molecular complexity index is 1270. The van der Waals surface area contributed by atoms with E-state index in [1.165, 1.54) is 0 Å². The van der Waals surface area contributed by atoms with E-state index in [9.17, 15) is 9.59 Å². The molecule has 0 saturated heterocycles. The number of hydrogen-bond acceptors (Lipinski definition) is 5. The summed E-state index contributed by atoms with van der Waals surface area (Å²) < 4.78 is 5.28. The monoisotopic (exact) mass is 439 g/mol. The van der Waals surface area contributed by atoms with E-state index in [0.29, 0.717) is 23.0 Å². The zero-order chi connectivity index (χ0) is 23.2. The Hall–Kier alpha value is -4.06. The van der Waals surface area contributed by atoms with Crippen LogP contribution >= 0.6 is 0 Å². The Morgan fingerprint density at radius 2 is 1.48 bits per heavy atom. The molecular formula is C27H25N3O3. The molecular weight excluding hydrogens is 414 g/mol. The van der Waals surface area contributed by atoms with Gasteiger partial charge < -0.3 is 10.1 Å². The minimum absolute atomic E-state index is 0.234. The quantitative estimate of drug-likeness (QED) is 0.429. The van der Waals surface area contributed by atoms with Crippen LogP contribution in [-0.2, 0) is 16.0 Å². The molecule has 3 aromatic carbocycles. The molecule has 0 fully saturated rings.